The summed E-state index contributed by atoms with van der Waals surface area (Å²) in [5.74, 6) is -0.200. The van der Waals surface area contributed by atoms with Crippen LogP contribution < -0.4 is 10.1 Å². The van der Waals surface area contributed by atoms with Gasteiger partial charge in [0.1, 0.15) is 0 Å². The van der Waals surface area contributed by atoms with Crippen molar-refractivity contribution in [2.45, 2.75) is 39.2 Å². The van der Waals surface area contributed by atoms with Gasteiger partial charge in [0.05, 0.1) is 30.3 Å². The predicted octanol–water partition coefficient (Wildman–Crippen LogP) is 4.92. The minimum absolute atomic E-state index is 0.0526. The monoisotopic (exact) mass is 410 g/mol. The molecule has 0 fully saturated rings. The van der Waals surface area contributed by atoms with E-state index in [1.54, 1.807) is 17.4 Å². The summed E-state index contributed by atoms with van der Waals surface area (Å²) >= 11 is 1.55. The molecule has 29 heavy (non-hydrogen) atoms. The second-order valence-corrected chi connectivity index (χ2v) is 8.68. The number of amides is 1. The van der Waals surface area contributed by atoms with E-state index < -0.39 is 0 Å². The van der Waals surface area contributed by atoms with E-state index in [1.165, 1.54) is 18.7 Å². The van der Waals surface area contributed by atoms with Crippen molar-refractivity contribution in [1.82, 2.24) is 10.3 Å². The number of hydrogen-bond donors (Lipinski definition) is 1. The number of ether oxygens (including phenoxy) is 1. The molecule has 0 saturated heterocycles. The normalized spacial score (nSPS) is 15.2. The number of benzene rings is 2. The second kappa shape index (κ2) is 7.95. The number of carbonyl (C=O) groups excluding carboxylic acids is 1. The first kappa shape index (κ1) is 19.6. The summed E-state index contributed by atoms with van der Waals surface area (Å²) in [6.45, 7) is 4.00. The van der Waals surface area contributed by atoms with Crippen LogP contribution in [-0.2, 0) is 17.6 Å². The number of nitrogens with one attached hydrogen (secondary N) is 1. The lowest BCUT2D eigenvalue weighted by Crippen LogP contribution is -2.28. The topological polar surface area (TPSA) is 51.2 Å². The molecular weight excluding hydrogens is 387 g/mol. The molecule has 1 atom stereocenters. The number of rotatable bonds is 5. The summed E-state index contributed by atoms with van der Waals surface area (Å²) in [4.78, 5) is 18.4. The molecule has 0 spiro atoms. The van der Waals surface area contributed by atoms with E-state index in [2.05, 4.69) is 22.4 Å². The zero-order valence-corrected chi connectivity index (χ0v) is 17.5. The zero-order chi connectivity index (χ0) is 20.5. The van der Waals surface area contributed by atoms with Gasteiger partial charge >= 0.3 is 0 Å². The van der Waals surface area contributed by atoms with Crippen LogP contribution in [0.3, 0.4) is 0 Å². The minimum Gasteiger partial charge on any atom is -0.494 e. The molecular formula is C23H23FN2O2S. The van der Waals surface area contributed by atoms with Crippen molar-refractivity contribution in [2.24, 2.45) is 0 Å². The number of aromatic nitrogens is 1. The quantitative estimate of drug-likeness (QED) is 0.649. The van der Waals surface area contributed by atoms with Gasteiger partial charge < -0.3 is 10.1 Å². The van der Waals surface area contributed by atoms with Gasteiger partial charge in [0.2, 0.25) is 5.91 Å². The van der Waals surface area contributed by atoms with Crippen molar-refractivity contribution < 1.29 is 13.9 Å². The molecule has 6 heteroatoms. The van der Waals surface area contributed by atoms with Crippen LogP contribution in [0.25, 0.3) is 11.3 Å². The van der Waals surface area contributed by atoms with Gasteiger partial charge in [-0.3, -0.25) is 4.79 Å². The van der Waals surface area contributed by atoms with Gasteiger partial charge in [-0.1, -0.05) is 29.8 Å². The first-order valence-corrected chi connectivity index (χ1v) is 10.4. The van der Waals surface area contributed by atoms with Crippen molar-refractivity contribution in [3.8, 4) is 17.0 Å². The number of hydrogen-bond acceptors (Lipinski definition) is 4. The highest BCUT2D eigenvalue weighted by Gasteiger charge is 2.26. The van der Waals surface area contributed by atoms with Gasteiger partial charge in [0, 0.05) is 10.4 Å². The fraction of sp³-hybridized carbons (Fsp3) is 0.304. The molecule has 1 amide bonds. The van der Waals surface area contributed by atoms with Gasteiger partial charge in [-0.05, 0) is 49.9 Å². The largest absolute Gasteiger partial charge is 0.494 e. The van der Waals surface area contributed by atoms with Crippen LogP contribution in [0.4, 0.5) is 4.39 Å². The van der Waals surface area contributed by atoms with E-state index in [1.807, 2.05) is 26.0 Å². The molecule has 4 nitrogen and oxygen atoms in total. The molecule has 1 N–H and O–H groups in total. The number of fused-ring (bicyclic) bond motifs is 1. The highest BCUT2D eigenvalue weighted by atomic mass is 32.1. The van der Waals surface area contributed by atoms with Crippen molar-refractivity contribution in [2.75, 3.05) is 7.11 Å². The summed E-state index contributed by atoms with van der Waals surface area (Å²) < 4.78 is 19.0. The first-order chi connectivity index (χ1) is 13.9. The standard InChI is InChI=1S/C23H23FN2O2S/c1-13-4-6-15(7-5-13)23-21(29-14(2)25-23)12-22(27)26-19-9-8-16-10-18(24)20(28-3)11-17(16)19/h4-7,10-11,19H,8-9,12H2,1-3H3,(H,26,27). The molecule has 150 valence electrons. The van der Waals surface area contributed by atoms with E-state index in [4.69, 9.17) is 4.74 Å². The zero-order valence-electron chi connectivity index (χ0n) is 16.7. The molecule has 2 aromatic carbocycles. The maximum absolute atomic E-state index is 13.9. The molecule has 1 unspecified atom stereocenters. The third-order valence-electron chi connectivity index (χ3n) is 5.28. The van der Waals surface area contributed by atoms with Crippen LogP contribution in [0.1, 0.15) is 39.0 Å². The average molecular weight is 411 g/mol. The summed E-state index contributed by atoms with van der Waals surface area (Å²) in [5, 5.41) is 4.05. The van der Waals surface area contributed by atoms with Crippen molar-refractivity contribution in [1.29, 1.82) is 0 Å². The molecule has 1 aromatic heterocycles. The Morgan fingerprint density at radius 3 is 2.76 bits per heavy atom. The molecule has 0 bridgehead atoms. The van der Waals surface area contributed by atoms with Crippen LogP contribution in [-0.4, -0.2) is 18.0 Å². The van der Waals surface area contributed by atoms with Crippen LogP contribution in [0.15, 0.2) is 36.4 Å². The Kier molecular flexibility index (Phi) is 5.37. The van der Waals surface area contributed by atoms with Crippen LogP contribution in [0, 0.1) is 19.7 Å². The summed E-state index contributed by atoms with van der Waals surface area (Å²) in [7, 11) is 1.45. The Bertz CT molecular complexity index is 1060. The van der Waals surface area contributed by atoms with Crippen LogP contribution in [0.5, 0.6) is 5.75 Å². The number of carbonyl (C=O) groups is 1. The average Bonchev–Trinajstić information content (AvgIpc) is 3.24. The van der Waals surface area contributed by atoms with E-state index >= 15 is 0 Å². The molecule has 1 aliphatic carbocycles. The van der Waals surface area contributed by atoms with Gasteiger partial charge in [-0.15, -0.1) is 11.3 Å². The maximum Gasteiger partial charge on any atom is 0.225 e. The third-order valence-corrected chi connectivity index (χ3v) is 6.25. The highest BCUT2D eigenvalue weighted by Crippen LogP contribution is 2.36. The Hall–Kier alpha value is -2.73. The van der Waals surface area contributed by atoms with E-state index in [0.717, 1.165) is 45.1 Å². The Balaban J connectivity index is 1.52. The fourth-order valence-electron chi connectivity index (χ4n) is 3.83. The Morgan fingerprint density at radius 2 is 2.03 bits per heavy atom. The van der Waals surface area contributed by atoms with Crippen LogP contribution in [0.2, 0.25) is 0 Å². The molecule has 1 aliphatic rings. The van der Waals surface area contributed by atoms with Gasteiger partial charge in [0.25, 0.3) is 0 Å². The molecule has 3 aromatic rings. The van der Waals surface area contributed by atoms with E-state index in [-0.39, 0.29) is 29.9 Å². The summed E-state index contributed by atoms with van der Waals surface area (Å²) in [6, 6.07) is 11.3. The predicted molar refractivity (Wildman–Crippen MR) is 113 cm³/mol. The SMILES string of the molecule is COc1cc2c(cc1F)CCC2NC(=O)Cc1sc(C)nc1-c1ccc(C)cc1. The highest BCUT2D eigenvalue weighted by molar-refractivity contribution is 7.12. The summed E-state index contributed by atoms with van der Waals surface area (Å²) in [5.41, 5.74) is 4.96. The molecule has 4 rings (SSSR count). The van der Waals surface area contributed by atoms with Crippen molar-refractivity contribution >= 4 is 17.2 Å². The Labute approximate surface area is 173 Å². The lowest BCUT2D eigenvalue weighted by atomic mass is 10.1. The van der Waals surface area contributed by atoms with Crippen LogP contribution >= 0.6 is 11.3 Å². The van der Waals surface area contributed by atoms with E-state index in [0.29, 0.717) is 0 Å². The minimum atomic E-state index is -0.360. The summed E-state index contributed by atoms with van der Waals surface area (Å²) in [6.07, 6.45) is 1.79. The number of aryl methyl sites for hydroxylation is 3. The third kappa shape index (κ3) is 4.03. The number of thiazole rings is 1. The smallest absolute Gasteiger partial charge is 0.225 e. The van der Waals surface area contributed by atoms with Crippen molar-refractivity contribution in [3.63, 3.8) is 0 Å². The number of methoxy groups -OCH3 is 1. The maximum atomic E-state index is 13.9. The molecule has 1 heterocycles. The number of halogens is 1. The van der Waals surface area contributed by atoms with Gasteiger partial charge in [-0.25, -0.2) is 9.37 Å². The first-order valence-electron chi connectivity index (χ1n) is 9.63. The lowest BCUT2D eigenvalue weighted by Gasteiger charge is -2.15. The van der Waals surface area contributed by atoms with E-state index in [9.17, 15) is 9.18 Å². The van der Waals surface area contributed by atoms with Gasteiger partial charge in [-0.2, -0.15) is 0 Å². The Morgan fingerprint density at radius 1 is 1.28 bits per heavy atom. The second-order valence-electron chi connectivity index (χ2n) is 7.39. The fourth-order valence-corrected chi connectivity index (χ4v) is 4.79. The van der Waals surface area contributed by atoms with Crippen molar-refractivity contribution in [3.05, 3.63) is 68.8 Å². The molecule has 0 aliphatic heterocycles. The molecule has 0 radical (unpaired) electrons. The van der Waals surface area contributed by atoms with Gasteiger partial charge in [0.15, 0.2) is 11.6 Å². The number of nitrogens with zero attached hydrogens (tertiary/aromatic N) is 1. The lowest BCUT2D eigenvalue weighted by molar-refractivity contribution is -0.121. The molecule has 0 saturated carbocycles.